The van der Waals surface area contributed by atoms with Gasteiger partial charge in [-0.3, -0.25) is 4.79 Å². The molecule has 0 aliphatic carbocycles. The van der Waals surface area contributed by atoms with Crippen molar-refractivity contribution in [1.29, 1.82) is 0 Å². The first-order chi connectivity index (χ1) is 6.72. The first-order valence-corrected chi connectivity index (χ1v) is 4.21. The SMILES string of the molecule is CNC(=O)c1cc2cccc(F)c2[nH]1. The van der Waals surface area contributed by atoms with Gasteiger partial charge in [-0.1, -0.05) is 12.1 Å². The van der Waals surface area contributed by atoms with Crippen molar-refractivity contribution in [2.45, 2.75) is 0 Å². The van der Waals surface area contributed by atoms with Crippen LogP contribution in [-0.4, -0.2) is 17.9 Å². The van der Waals surface area contributed by atoms with Crippen molar-refractivity contribution in [3.05, 3.63) is 35.8 Å². The second kappa shape index (κ2) is 3.14. The van der Waals surface area contributed by atoms with Crippen LogP contribution in [0.4, 0.5) is 4.39 Å². The van der Waals surface area contributed by atoms with Gasteiger partial charge in [-0.25, -0.2) is 4.39 Å². The molecule has 72 valence electrons. The van der Waals surface area contributed by atoms with Crippen LogP contribution in [0.1, 0.15) is 10.5 Å². The largest absolute Gasteiger partial charge is 0.354 e. The van der Waals surface area contributed by atoms with Crippen LogP contribution in [0, 0.1) is 5.82 Å². The third-order valence-corrected chi connectivity index (χ3v) is 2.08. The normalized spacial score (nSPS) is 10.4. The van der Waals surface area contributed by atoms with Crippen molar-refractivity contribution in [3.8, 4) is 0 Å². The molecule has 0 aliphatic heterocycles. The zero-order valence-corrected chi connectivity index (χ0v) is 7.60. The number of rotatable bonds is 1. The number of amides is 1. The Hall–Kier alpha value is -1.84. The lowest BCUT2D eigenvalue weighted by atomic mass is 10.2. The van der Waals surface area contributed by atoms with Gasteiger partial charge in [-0.15, -0.1) is 0 Å². The molecule has 14 heavy (non-hydrogen) atoms. The molecule has 0 fully saturated rings. The minimum Gasteiger partial charge on any atom is -0.354 e. The Kier molecular flexibility index (Phi) is 1.96. The van der Waals surface area contributed by atoms with E-state index in [0.29, 0.717) is 16.6 Å². The number of nitrogens with one attached hydrogen (secondary N) is 2. The monoisotopic (exact) mass is 192 g/mol. The Labute approximate surface area is 79.9 Å². The van der Waals surface area contributed by atoms with E-state index in [1.54, 1.807) is 18.2 Å². The van der Waals surface area contributed by atoms with E-state index in [2.05, 4.69) is 10.3 Å². The van der Waals surface area contributed by atoms with Gasteiger partial charge in [0.2, 0.25) is 0 Å². The zero-order chi connectivity index (χ0) is 10.1. The number of halogens is 1. The third kappa shape index (κ3) is 1.25. The van der Waals surface area contributed by atoms with Crippen LogP contribution in [0.25, 0.3) is 10.9 Å². The standard InChI is InChI=1S/C10H9FN2O/c1-12-10(14)8-5-6-3-2-4-7(11)9(6)13-8/h2-5,13H,1H3,(H,12,14). The highest BCUT2D eigenvalue weighted by Crippen LogP contribution is 2.17. The van der Waals surface area contributed by atoms with Gasteiger partial charge in [-0.2, -0.15) is 0 Å². The van der Waals surface area contributed by atoms with E-state index in [1.165, 1.54) is 13.1 Å². The van der Waals surface area contributed by atoms with E-state index in [-0.39, 0.29) is 11.7 Å². The van der Waals surface area contributed by atoms with E-state index >= 15 is 0 Å². The van der Waals surface area contributed by atoms with Crippen molar-refractivity contribution >= 4 is 16.8 Å². The average molecular weight is 192 g/mol. The molecular formula is C10H9FN2O. The Balaban J connectivity index is 2.62. The predicted octanol–water partition coefficient (Wildman–Crippen LogP) is 1.67. The molecule has 3 nitrogen and oxygen atoms in total. The molecule has 2 aromatic rings. The summed E-state index contributed by atoms with van der Waals surface area (Å²) < 4.78 is 13.2. The van der Waals surface area contributed by atoms with Crippen molar-refractivity contribution in [2.24, 2.45) is 0 Å². The van der Waals surface area contributed by atoms with Crippen LogP contribution >= 0.6 is 0 Å². The molecule has 4 heteroatoms. The molecule has 1 heterocycles. The highest BCUT2D eigenvalue weighted by Gasteiger charge is 2.09. The van der Waals surface area contributed by atoms with Gasteiger partial charge in [0.15, 0.2) is 0 Å². The summed E-state index contributed by atoms with van der Waals surface area (Å²) in [6.45, 7) is 0. The highest BCUT2D eigenvalue weighted by molar-refractivity contribution is 5.97. The second-order valence-corrected chi connectivity index (χ2v) is 2.97. The summed E-state index contributed by atoms with van der Waals surface area (Å²) in [5.41, 5.74) is 0.735. The molecule has 0 unspecified atom stereocenters. The Morgan fingerprint density at radius 1 is 1.50 bits per heavy atom. The number of carbonyl (C=O) groups is 1. The zero-order valence-electron chi connectivity index (χ0n) is 7.60. The van der Waals surface area contributed by atoms with Gasteiger partial charge in [0.05, 0.1) is 5.52 Å². The van der Waals surface area contributed by atoms with Gasteiger partial charge in [0.1, 0.15) is 11.5 Å². The third-order valence-electron chi connectivity index (χ3n) is 2.08. The van der Waals surface area contributed by atoms with E-state index in [0.717, 1.165) is 0 Å². The number of aromatic nitrogens is 1. The molecule has 0 saturated heterocycles. The van der Waals surface area contributed by atoms with E-state index in [9.17, 15) is 9.18 Å². The number of H-pyrrole nitrogens is 1. The Bertz CT molecular complexity index is 490. The highest BCUT2D eigenvalue weighted by atomic mass is 19.1. The van der Waals surface area contributed by atoms with Crippen LogP contribution in [0.5, 0.6) is 0 Å². The molecule has 2 rings (SSSR count). The van der Waals surface area contributed by atoms with Gasteiger partial charge in [-0.05, 0) is 12.1 Å². The van der Waals surface area contributed by atoms with E-state index in [1.807, 2.05) is 0 Å². The number of aromatic amines is 1. The van der Waals surface area contributed by atoms with Gasteiger partial charge >= 0.3 is 0 Å². The summed E-state index contributed by atoms with van der Waals surface area (Å²) >= 11 is 0. The maximum Gasteiger partial charge on any atom is 0.267 e. The summed E-state index contributed by atoms with van der Waals surface area (Å²) in [5, 5.41) is 3.17. The predicted molar refractivity (Wildman–Crippen MR) is 51.6 cm³/mol. The number of fused-ring (bicyclic) bond motifs is 1. The quantitative estimate of drug-likeness (QED) is 0.709. The molecular weight excluding hydrogens is 183 g/mol. The molecule has 0 aliphatic rings. The maximum atomic E-state index is 13.2. The van der Waals surface area contributed by atoms with Crippen LogP contribution < -0.4 is 5.32 Å². The topological polar surface area (TPSA) is 44.9 Å². The summed E-state index contributed by atoms with van der Waals surface area (Å²) in [6.07, 6.45) is 0. The average Bonchev–Trinajstić information content (AvgIpc) is 2.62. The molecule has 0 saturated carbocycles. The van der Waals surface area contributed by atoms with Crippen molar-refractivity contribution in [3.63, 3.8) is 0 Å². The summed E-state index contributed by atoms with van der Waals surface area (Å²) in [7, 11) is 1.53. The van der Waals surface area contributed by atoms with Gasteiger partial charge < -0.3 is 10.3 Å². The summed E-state index contributed by atoms with van der Waals surface area (Å²) in [6, 6.07) is 6.34. The first kappa shape index (κ1) is 8.74. The number of benzene rings is 1. The number of hydrogen-bond donors (Lipinski definition) is 2. The molecule has 1 aromatic carbocycles. The molecule has 0 spiro atoms. The lowest BCUT2D eigenvalue weighted by molar-refractivity contribution is 0.0959. The Morgan fingerprint density at radius 2 is 2.29 bits per heavy atom. The number of para-hydroxylation sites is 1. The lowest BCUT2D eigenvalue weighted by Crippen LogP contribution is -2.17. The summed E-state index contributed by atoms with van der Waals surface area (Å²) in [4.78, 5) is 14.0. The van der Waals surface area contributed by atoms with Crippen molar-refractivity contribution in [2.75, 3.05) is 7.05 Å². The van der Waals surface area contributed by atoms with E-state index in [4.69, 9.17) is 0 Å². The molecule has 1 aromatic heterocycles. The van der Waals surface area contributed by atoms with Crippen LogP contribution in [0.15, 0.2) is 24.3 Å². The fourth-order valence-electron chi connectivity index (χ4n) is 1.38. The van der Waals surface area contributed by atoms with Crippen molar-refractivity contribution in [1.82, 2.24) is 10.3 Å². The smallest absolute Gasteiger partial charge is 0.267 e. The van der Waals surface area contributed by atoms with Crippen LogP contribution in [0.2, 0.25) is 0 Å². The molecule has 1 amide bonds. The van der Waals surface area contributed by atoms with Gasteiger partial charge in [0, 0.05) is 12.4 Å². The minimum absolute atomic E-state index is 0.249. The van der Waals surface area contributed by atoms with Gasteiger partial charge in [0.25, 0.3) is 5.91 Å². The molecule has 0 atom stereocenters. The number of carbonyl (C=O) groups excluding carboxylic acids is 1. The molecule has 0 radical (unpaired) electrons. The van der Waals surface area contributed by atoms with Crippen molar-refractivity contribution < 1.29 is 9.18 Å². The minimum atomic E-state index is -0.349. The summed E-state index contributed by atoms with van der Waals surface area (Å²) in [5.74, 6) is -0.599. The molecule has 2 N–H and O–H groups in total. The fourth-order valence-corrected chi connectivity index (χ4v) is 1.38. The Morgan fingerprint density at radius 3 is 2.93 bits per heavy atom. The number of hydrogen-bond acceptors (Lipinski definition) is 1. The lowest BCUT2D eigenvalue weighted by Gasteiger charge is -1.93. The van der Waals surface area contributed by atoms with E-state index < -0.39 is 0 Å². The molecule has 0 bridgehead atoms. The first-order valence-electron chi connectivity index (χ1n) is 4.21. The second-order valence-electron chi connectivity index (χ2n) is 2.97. The van der Waals surface area contributed by atoms with Crippen LogP contribution in [0.3, 0.4) is 0 Å². The maximum absolute atomic E-state index is 13.2. The van der Waals surface area contributed by atoms with Crippen LogP contribution in [-0.2, 0) is 0 Å². The fraction of sp³-hybridized carbons (Fsp3) is 0.100.